The Labute approximate surface area is 167 Å². The van der Waals surface area contributed by atoms with Gasteiger partial charge in [-0.2, -0.15) is 9.50 Å². The summed E-state index contributed by atoms with van der Waals surface area (Å²) >= 11 is 0. The van der Waals surface area contributed by atoms with Crippen molar-refractivity contribution < 1.29 is 29.0 Å². The maximum atomic E-state index is 12.6. The minimum absolute atomic E-state index is 0.212. The number of aromatic nitrogens is 4. The Bertz CT molecular complexity index is 1170. The maximum absolute atomic E-state index is 12.6. The van der Waals surface area contributed by atoms with Crippen molar-refractivity contribution in [2.24, 2.45) is 5.73 Å². The predicted molar refractivity (Wildman–Crippen MR) is 99.3 cm³/mol. The zero-order chi connectivity index (χ0) is 22.0. The highest BCUT2D eigenvalue weighted by atomic mass is 16.5. The van der Waals surface area contributed by atoms with Crippen LogP contribution in [0.2, 0.25) is 0 Å². The number of nitrogens with zero attached hydrogens (tertiary/aromatic N) is 4. The van der Waals surface area contributed by atoms with E-state index < -0.39 is 35.5 Å². The summed E-state index contributed by atoms with van der Waals surface area (Å²) in [6, 6.07) is 5.31. The molecule has 0 aliphatic carbocycles. The average molecular weight is 413 g/mol. The van der Waals surface area contributed by atoms with Gasteiger partial charge in [-0.3, -0.25) is 9.59 Å². The number of carbonyl (C=O) groups excluding carboxylic acids is 3. The molecule has 1 aromatic carbocycles. The third-order valence-corrected chi connectivity index (χ3v) is 4.01. The number of carboxylic acid groups (broad SMARTS) is 1. The first-order valence-corrected chi connectivity index (χ1v) is 8.26. The van der Waals surface area contributed by atoms with Crippen LogP contribution in [-0.2, 0) is 9.53 Å². The van der Waals surface area contributed by atoms with E-state index in [-0.39, 0.29) is 28.5 Å². The molecule has 154 valence electrons. The highest BCUT2D eigenvalue weighted by molar-refractivity contribution is 5.98. The monoisotopic (exact) mass is 413 g/mol. The second-order valence-electron chi connectivity index (χ2n) is 5.94. The van der Waals surface area contributed by atoms with E-state index in [0.29, 0.717) is 0 Å². The SMILES string of the molecule is COC(=O)c1ccc([C@@H](NC(=O)c2cc(C(=O)O)n3nc(N)nc3n2)C(N)=O)cc1. The molecule has 2 aromatic heterocycles. The van der Waals surface area contributed by atoms with Gasteiger partial charge in [0, 0.05) is 6.07 Å². The average Bonchev–Trinajstić information content (AvgIpc) is 3.10. The summed E-state index contributed by atoms with van der Waals surface area (Å²) in [7, 11) is 1.22. The standard InChI is InChI=1S/C17H15N7O6/c1-30-15(29)8-4-2-7(3-5-8)11(12(18)25)21-13(26)9-6-10(14(27)28)24-17(20-9)22-16(19)23-24/h2-6,11H,1H3,(H2,18,25)(H2,19,23)(H,21,26)(H,27,28)/t11-/m1/s1. The molecule has 0 spiro atoms. The van der Waals surface area contributed by atoms with Gasteiger partial charge in [0.15, 0.2) is 5.69 Å². The molecule has 0 unspecified atom stereocenters. The van der Waals surface area contributed by atoms with E-state index in [4.69, 9.17) is 11.5 Å². The summed E-state index contributed by atoms with van der Waals surface area (Å²) in [5.41, 5.74) is 10.6. The number of rotatable bonds is 6. The number of benzene rings is 1. The van der Waals surface area contributed by atoms with Gasteiger partial charge in [0.05, 0.1) is 12.7 Å². The van der Waals surface area contributed by atoms with Gasteiger partial charge in [-0.05, 0) is 17.7 Å². The second-order valence-corrected chi connectivity index (χ2v) is 5.94. The molecule has 0 fully saturated rings. The number of hydrogen-bond acceptors (Lipinski definition) is 9. The molecular weight excluding hydrogens is 398 g/mol. The Morgan fingerprint density at radius 1 is 1.17 bits per heavy atom. The fourth-order valence-corrected chi connectivity index (χ4v) is 2.61. The van der Waals surface area contributed by atoms with Crippen molar-refractivity contribution in [2.45, 2.75) is 6.04 Å². The number of esters is 1. The number of amides is 2. The van der Waals surface area contributed by atoms with Crippen molar-refractivity contribution in [2.75, 3.05) is 12.8 Å². The molecule has 13 nitrogen and oxygen atoms in total. The Morgan fingerprint density at radius 2 is 1.83 bits per heavy atom. The molecule has 0 aliphatic rings. The molecule has 3 rings (SSSR count). The van der Waals surface area contributed by atoms with Crippen LogP contribution >= 0.6 is 0 Å². The lowest BCUT2D eigenvalue weighted by molar-refractivity contribution is -0.120. The van der Waals surface area contributed by atoms with Gasteiger partial charge in [0.1, 0.15) is 11.7 Å². The van der Waals surface area contributed by atoms with Gasteiger partial charge in [-0.25, -0.2) is 14.6 Å². The minimum atomic E-state index is -1.40. The first-order chi connectivity index (χ1) is 14.2. The van der Waals surface area contributed by atoms with Crippen LogP contribution < -0.4 is 16.8 Å². The molecule has 0 saturated carbocycles. The minimum Gasteiger partial charge on any atom is -0.477 e. The van der Waals surface area contributed by atoms with Gasteiger partial charge in [-0.1, -0.05) is 12.1 Å². The lowest BCUT2D eigenvalue weighted by Crippen LogP contribution is -2.38. The van der Waals surface area contributed by atoms with Crippen LogP contribution in [0, 0.1) is 0 Å². The van der Waals surface area contributed by atoms with E-state index in [1.807, 2.05) is 0 Å². The van der Waals surface area contributed by atoms with E-state index in [2.05, 4.69) is 25.1 Å². The number of carbonyl (C=O) groups is 4. The quantitative estimate of drug-likeness (QED) is 0.368. The molecule has 2 amide bonds. The lowest BCUT2D eigenvalue weighted by atomic mass is 10.0. The molecule has 30 heavy (non-hydrogen) atoms. The number of hydrogen-bond donors (Lipinski definition) is 4. The zero-order valence-corrected chi connectivity index (χ0v) is 15.4. The normalized spacial score (nSPS) is 11.6. The summed E-state index contributed by atoms with van der Waals surface area (Å²) in [4.78, 5) is 55.2. The van der Waals surface area contributed by atoms with Crippen LogP contribution in [0.5, 0.6) is 0 Å². The highest BCUT2D eigenvalue weighted by Crippen LogP contribution is 2.16. The van der Waals surface area contributed by atoms with Crippen molar-refractivity contribution in [3.8, 4) is 0 Å². The molecule has 0 radical (unpaired) electrons. The van der Waals surface area contributed by atoms with Gasteiger partial charge in [0.2, 0.25) is 11.9 Å². The summed E-state index contributed by atoms with van der Waals surface area (Å²) < 4.78 is 5.46. The Morgan fingerprint density at radius 3 is 2.40 bits per heavy atom. The molecular formula is C17H15N7O6. The van der Waals surface area contributed by atoms with Crippen LogP contribution in [0.1, 0.15) is 42.9 Å². The third kappa shape index (κ3) is 3.84. The van der Waals surface area contributed by atoms with Crippen molar-refractivity contribution in [3.05, 3.63) is 52.8 Å². The number of fused-ring (bicyclic) bond motifs is 1. The molecule has 3 aromatic rings. The first kappa shape index (κ1) is 20.2. The molecule has 13 heteroatoms. The van der Waals surface area contributed by atoms with Gasteiger partial charge < -0.3 is 26.6 Å². The number of nitrogens with one attached hydrogen (secondary N) is 1. The Kier molecular flexibility index (Phi) is 5.27. The number of methoxy groups -OCH3 is 1. The second kappa shape index (κ2) is 7.83. The number of nitrogens with two attached hydrogens (primary N) is 2. The summed E-state index contributed by atoms with van der Waals surface area (Å²) in [6.45, 7) is 0. The molecule has 0 saturated heterocycles. The van der Waals surface area contributed by atoms with Crippen LogP contribution in [0.3, 0.4) is 0 Å². The largest absolute Gasteiger partial charge is 0.477 e. The number of aromatic carboxylic acids is 1. The predicted octanol–water partition coefficient (Wildman–Crippen LogP) is -0.852. The molecule has 6 N–H and O–H groups in total. The van der Waals surface area contributed by atoms with E-state index in [1.165, 1.54) is 31.4 Å². The number of carboxylic acids is 1. The van der Waals surface area contributed by atoms with Gasteiger partial charge >= 0.3 is 11.9 Å². The van der Waals surface area contributed by atoms with Crippen LogP contribution in [0.15, 0.2) is 30.3 Å². The highest BCUT2D eigenvalue weighted by Gasteiger charge is 2.24. The first-order valence-electron chi connectivity index (χ1n) is 8.26. The van der Waals surface area contributed by atoms with Crippen molar-refractivity contribution in [1.82, 2.24) is 24.9 Å². The number of nitrogen functional groups attached to an aromatic ring is 1. The Hall–Kier alpha value is -4.55. The molecule has 2 heterocycles. The van der Waals surface area contributed by atoms with Crippen molar-refractivity contribution in [1.29, 1.82) is 0 Å². The molecule has 1 atom stereocenters. The van der Waals surface area contributed by atoms with Crippen molar-refractivity contribution in [3.63, 3.8) is 0 Å². The molecule has 0 aliphatic heterocycles. The number of primary amides is 1. The van der Waals surface area contributed by atoms with Crippen molar-refractivity contribution >= 4 is 35.5 Å². The zero-order valence-electron chi connectivity index (χ0n) is 15.4. The van der Waals surface area contributed by atoms with Gasteiger partial charge in [-0.15, -0.1) is 5.10 Å². The summed E-state index contributed by atoms with van der Waals surface area (Å²) in [5.74, 6) is -4.19. The lowest BCUT2D eigenvalue weighted by Gasteiger charge is -2.16. The van der Waals surface area contributed by atoms with E-state index in [0.717, 1.165) is 10.6 Å². The fourth-order valence-electron chi connectivity index (χ4n) is 2.61. The fraction of sp³-hybridized carbons (Fsp3) is 0.118. The summed E-state index contributed by atoms with van der Waals surface area (Å²) in [5, 5.41) is 15.4. The van der Waals surface area contributed by atoms with Crippen LogP contribution in [-0.4, -0.2) is 55.6 Å². The topological polar surface area (TPSA) is 205 Å². The summed E-state index contributed by atoms with van der Waals surface area (Å²) in [6.07, 6.45) is 0. The van der Waals surface area contributed by atoms with Gasteiger partial charge in [0.25, 0.3) is 11.7 Å². The van der Waals surface area contributed by atoms with E-state index in [1.54, 1.807) is 0 Å². The van der Waals surface area contributed by atoms with E-state index >= 15 is 0 Å². The van der Waals surface area contributed by atoms with Crippen LogP contribution in [0.4, 0.5) is 5.95 Å². The van der Waals surface area contributed by atoms with E-state index in [9.17, 15) is 24.3 Å². The van der Waals surface area contributed by atoms with Crippen LogP contribution in [0.25, 0.3) is 5.78 Å². The Balaban J connectivity index is 1.93. The maximum Gasteiger partial charge on any atom is 0.354 e. The smallest absolute Gasteiger partial charge is 0.354 e. The third-order valence-electron chi connectivity index (χ3n) is 4.01. The number of anilines is 1. The molecule has 0 bridgehead atoms. The number of ether oxygens (including phenoxy) is 1.